The monoisotopic (exact) mass is 1810 g/mol. The molecule has 6 aliphatic heterocycles. The summed E-state index contributed by atoms with van der Waals surface area (Å²) in [5.41, 5.74) is 26.4. The fraction of sp³-hybridized carbons (Fsp3) is 0.154. The highest BCUT2D eigenvalue weighted by atomic mass is 16.5. The van der Waals surface area contributed by atoms with Crippen LogP contribution in [0, 0.1) is 62.3 Å². The summed E-state index contributed by atoms with van der Waals surface area (Å²) in [5.74, 6) is 13.0. The topological polar surface area (TPSA) is 186 Å². The van der Waals surface area contributed by atoms with Crippen LogP contribution in [0.25, 0.3) is 12.2 Å². The summed E-state index contributed by atoms with van der Waals surface area (Å²) in [5, 5.41) is 8.68. The molecule has 12 aromatic carbocycles. The number of anilines is 18. The molecule has 0 spiro atoms. The lowest BCUT2D eigenvalue weighted by molar-refractivity contribution is 0.0738. The van der Waals surface area contributed by atoms with Crippen LogP contribution in [0.1, 0.15) is 107 Å². The maximum Gasteiger partial charge on any atom is 0.345 e. The van der Waals surface area contributed by atoms with Crippen molar-refractivity contribution < 1.29 is 55.0 Å². The van der Waals surface area contributed by atoms with Gasteiger partial charge < -0.3 is 50.2 Å². The molecule has 0 bridgehead atoms. The number of esters is 1. The third-order valence-corrected chi connectivity index (χ3v) is 24.6. The normalized spacial score (nSPS) is 13.1. The molecule has 0 saturated heterocycles. The van der Waals surface area contributed by atoms with E-state index in [0.717, 1.165) is 192 Å². The lowest BCUT2D eigenvalue weighted by Crippen LogP contribution is -2.16. The predicted molar refractivity (Wildman–Crippen MR) is 544 cm³/mol. The molecule has 24 rings (SSSR count). The summed E-state index contributed by atoms with van der Waals surface area (Å²) in [7, 11) is 5.05. The van der Waals surface area contributed by atoms with Gasteiger partial charge in [0.15, 0.2) is 11.5 Å². The van der Waals surface area contributed by atoms with Crippen LogP contribution in [0.5, 0.6) is 28.7 Å². The van der Waals surface area contributed by atoms with Crippen LogP contribution in [-0.2, 0) is 32.3 Å². The van der Waals surface area contributed by atoms with E-state index in [1.807, 2.05) is 240 Å². The predicted octanol–water partition coefficient (Wildman–Crippen LogP) is 32.5. The minimum absolute atomic E-state index is 0.376. The van der Waals surface area contributed by atoms with Crippen molar-refractivity contribution in [3.63, 3.8) is 0 Å². The first-order valence-electron chi connectivity index (χ1n) is 45.9. The number of ether oxygens (including phenoxy) is 5. The average molecular weight is 1810 g/mol. The van der Waals surface area contributed by atoms with Crippen molar-refractivity contribution in [3.8, 4) is 28.7 Å². The molecule has 0 fully saturated rings. The third kappa shape index (κ3) is 18.3. The first kappa shape index (κ1) is 89.4. The van der Waals surface area contributed by atoms with E-state index in [9.17, 15) is 4.79 Å². The Labute approximate surface area is 797 Å². The highest BCUT2D eigenvalue weighted by molar-refractivity contribution is 6.03. The van der Waals surface area contributed by atoms with Gasteiger partial charge in [0.25, 0.3) is 0 Å². The average Bonchev–Trinajstić information content (AvgIpc) is 1.69. The highest BCUT2D eigenvalue weighted by Crippen LogP contribution is 2.55. The van der Waals surface area contributed by atoms with Crippen LogP contribution in [0.3, 0.4) is 0 Å². The minimum atomic E-state index is -0.376. The molecule has 0 radical (unpaired) electrons. The second-order valence-electron chi connectivity index (χ2n) is 34.0. The zero-order valence-electron chi connectivity index (χ0n) is 78.6. The Balaban J connectivity index is 0.000000105. The number of nitrogens with zero attached hydrogens (tertiary/aromatic N) is 8. The van der Waals surface area contributed by atoms with Crippen LogP contribution < -0.4 is 53.1 Å². The molecule has 0 saturated carbocycles. The standard InChI is InChI=1S/C21H21NO.C20H19NO2.C20H17NO2.C19H15NO3.C19H17NO2.C18H15N3O2/c1-15-8-3-5-12-19(15)22-20-13-6-4-9-17(20)10-7-11-18-14-16(2)23-21(18)22;2*1-14-13-16-12-11-15-7-3-4-8-17(15)21(20(16)23-14)18-9-5-6-10-19(18)22-2;1-12-7-3-5-9-15(12)20-16-10-6-4-8-14(16)19(21)23-17-11-13(2)22-18(17)20;1-13-7-3-5-9-16(13)20-17-10-6-4-8-15(17)12-21-18-11-14(2)22-19(18)20;1-12-11-14-18(23-12)21(16-9-5-6-10-17(16)22-2)15-8-4-3-7-13(15)19-20-14/h3-6,8-9,12-14H,7,10-11H2,1-2H3;3-10,13H,11-12H2,1-2H3;3-13H,1-2H3;3-11H,1-2H3;3-11H,12H2,1-2H3;3-11H,1-2H3. The molecule has 20 heteroatoms. The quantitative estimate of drug-likeness (QED) is 0.124. The largest absolute Gasteiger partial charge is 0.495 e. The molecule has 0 unspecified atom stereocenters. The zero-order chi connectivity index (χ0) is 94.3. The number of rotatable bonds is 9. The van der Waals surface area contributed by atoms with Gasteiger partial charge in [-0.2, -0.15) is 0 Å². The molecule has 0 amide bonds. The van der Waals surface area contributed by atoms with Gasteiger partial charge in [0.2, 0.25) is 35.3 Å². The Morgan fingerprint density at radius 1 is 0.263 bits per heavy atom. The lowest BCUT2D eigenvalue weighted by Gasteiger charge is -2.29. The number of carbonyl (C=O) groups is 1. The maximum atomic E-state index is 12.4. The van der Waals surface area contributed by atoms with E-state index in [1.54, 1.807) is 33.5 Å². The Bertz CT molecular complexity index is 7280. The van der Waals surface area contributed by atoms with Crippen molar-refractivity contribution in [3.05, 3.63) is 423 Å². The smallest absolute Gasteiger partial charge is 0.345 e. The van der Waals surface area contributed by atoms with E-state index in [0.29, 0.717) is 41.1 Å². The van der Waals surface area contributed by atoms with Gasteiger partial charge >= 0.3 is 5.97 Å². The van der Waals surface area contributed by atoms with Gasteiger partial charge in [-0.25, -0.2) is 4.79 Å². The van der Waals surface area contributed by atoms with Crippen molar-refractivity contribution in [2.75, 3.05) is 50.7 Å². The number of aryl methyl sites for hydroxylation is 13. The highest BCUT2D eigenvalue weighted by Gasteiger charge is 2.36. The number of methoxy groups -OCH3 is 3. The van der Waals surface area contributed by atoms with E-state index in [2.05, 4.69) is 189 Å². The lowest BCUT2D eigenvalue weighted by atomic mass is 9.99. The number of furan rings is 6. The molecule has 684 valence electrons. The van der Waals surface area contributed by atoms with Crippen LogP contribution >= 0.6 is 0 Å². The van der Waals surface area contributed by atoms with Crippen LogP contribution in [0.2, 0.25) is 0 Å². The summed E-state index contributed by atoms with van der Waals surface area (Å²) >= 11 is 0. The third-order valence-electron chi connectivity index (χ3n) is 24.6. The van der Waals surface area contributed by atoms with E-state index in [1.165, 1.54) is 44.8 Å². The van der Waals surface area contributed by atoms with Gasteiger partial charge in [0.05, 0.1) is 95.1 Å². The van der Waals surface area contributed by atoms with Crippen molar-refractivity contribution in [2.24, 2.45) is 10.2 Å². The van der Waals surface area contributed by atoms with E-state index < -0.39 is 0 Å². The maximum absolute atomic E-state index is 12.4. The molecule has 0 N–H and O–H groups in total. The number of para-hydroxylation sites is 15. The van der Waals surface area contributed by atoms with Crippen molar-refractivity contribution in [2.45, 2.75) is 101 Å². The van der Waals surface area contributed by atoms with Gasteiger partial charge in [-0.05, 0) is 255 Å². The van der Waals surface area contributed by atoms with Crippen molar-refractivity contribution in [1.82, 2.24) is 0 Å². The first-order valence-corrected chi connectivity index (χ1v) is 45.9. The summed E-state index contributed by atoms with van der Waals surface area (Å²) in [4.78, 5) is 25.1. The summed E-state index contributed by atoms with van der Waals surface area (Å²) < 4.78 is 64.2. The Hall–Kier alpha value is -16.9. The molecule has 137 heavy (non-hydrogen) atoms. The second kappa shape index (κ2) is 39.5. The number of hydrogen-bond acceptors (Lipinski definition) is 20. The summed E-state index contributed by atoms with van der Waals surface area (Å²) in [6.45, 7) is 18.5. The second-order valence-corrected chi connectivity index (χ2v) is 34.0. The molecular weight excluding hydrogens is 1710 g/mol. The summed E-state index contributed by atoms with van der Waals surface area (Å²) in [6.07, 6.45) is 9.53. The first-order chi connectivity index (χ1) is 66.9. The molecular formula is C117H104N8O12. The molecule has 20 nitrogen and oxygen atoms in total. The van der Waals surface area contributed by atoms with Gasteiger partial charge in [0, 0.05) is 40.5 Å². The fourth-order valence-electron chi connectivity index (χ4n) is 18.3. The van der Waals surface area contributed by atoms with E-state index >= 15 is 0 Å². The van der Waals surface area contributed by atoms with Gasteiger partial charge in [-0.15, -0.1) is 10.2 Å². The molecule has 6 aliphatic rings. The fourth-order valence-corrected chi connectivity index (χ4v) is 18.3. The summed E-state index contributed by atoms with van der Waals surface area (Å²) in [6, 6.07) is 110. The molecule has 6 aromatic heterocycles. The Morgan fingerprint density at radius 2 is 0.606 bits per heavy atom. The number of azo groups is 1. The number of carbonyl (C=O) groups excluding carboxylic acids is 1. The van der Waals surface area contributed by atoms with Gasteiger partial charge in [-0.3, -0.25) is 29.4 Å². The van der Waals surface area contributed by atoms with E-state index in [-0.39, 0.29) is 5.97 Å². The van der Waals surface area contributed by atoms with Crippen LogP contribution in [-0.4, -0.2) is 27.3 Å². The molecule has 0 atom stereocenters. The number of benzene rings is 12. The van der Waals surface area contributed by atoms with E-state index in [4.69, 9.17) is 50.2 Å². The number of fused-ring (bicyclic) bond motifs is 12. The Kier molecular flexibility index (Phi) is 25.8. The zero-order valence-corrected chi connectivity index (χ0v) is 78.6. The Morgan fingerprint density at radius 3 is 1.17 bits per heavy atom. The molecule has 0 aliphatic carbocycles. The van der Waals surface area contributed by atoms with Crippen molar-refractivity contribution in [1.29, 1.82) is 0 Å². The van der Waals surface area contributed by atoms with Crippen LogP contribution in [0.4, 0.5) is 115 Å². The van der Waals surface area contributed by atoms with Gasteiger partial charge in [-0.1, -0.05) is 194 Å². The van der Waals surface area contributed by atoms with Gasteiger partial charge in [0.1, 0.15) is 69.8 Å². The SMILES string of the molecule is COc1ccccc1N1c2ccccc2C=Cc2cc(C)oc21.COc1ccccc1N1c2ccccc2CCc2cc(C)oc21.COc1ccccc1N1c2ccccc2N=Nc2cc(C)oc21.Cc1cc2c(o1)N(c1ccccc1C)c1ccccc1C(=O)O2.Cc1cc2c(o1)N(c1ccccc1C)c1ccccc1CCC2.Cc1cc2c(o1)N(c1ccccc1C)c1ccccc1CO2. The minimum Gasteiger partial charge on any atom is -0.495 e. The van der Waals surface area contributed by atoms with Crippen LogP contribution in [0.15, 0.2) is 364 Å². The molecule has 18 aromatic rings. The molecule has 12 heterocycles. The number of hydrogen-bond donors (Lipinski definition) is 0. The van der Waals surface area contributed by atoms with Crippen molar-refractivity contribution >= 4 is 133 Å².